The van der Waals surface area contributed by atoms with E-state index in [1.54, 1.807) is 4.90 Å². The Hall–Kier alpha value is -4.19. The van der Waals surface area contributed by atoms with Crippen LogP contribution in [-0.4, -0.2) is 40.3 Å². The number of hydrogen-bond donors (Lipinski definition) is 0. The first-order valence-corrected chi connectivity index (χ1v) is 12.2. The quantitative estimate of drug-likeness (QED) is 0.260. The molecule has 1 unspecified atom stereocenters. The molecule has 4 aromatic rings. The van der Waals surface area contributed by atoms with Crippen molar-refractivity contribution in [3.8, 4) is 11.3 Å². The number of likely N-dealkylation sites (tertiary alicyclic amines) is 1. The Labute approximate surface area is 210 Å². The van der Waals surface area contributed by atoms with Crippen LogP contribution in [0.25, 0.3) is 22.2 Å². The van der Waals surface area contributed by atoms with Crippen molar-refractivity contribution in [3.05, 3.63) is 96.1 Å². The van der Waals surface area contributed by atoms with Gasteiger partial charge in [0.2, 0.25) is 11.7 Å². The standard InChI is InChI=1S/C30H28N2O4/c1-2-32-25-16-10-9-15-24(25)28(29(32)22-13-7-4-8-14-22)26(33)20-36-30(35)23-17-27(34)31(19-23)18-21-11-5-3-6-12-21/h3-16,23H,2,17-20H2,1H3. The largest absolute Gasteiger partial charge is 0.457 e. The smallest absolute Gasteiger partial charge is 0.311 e. The number of carbonyl (C=O) groups excluding carboxylic acids is 3. The minimum atomic E-state index is -0.570. The summed E-state index contributed by atoms with van der Waals surface area (Å²) in [5.74, 6) is -1.41. The average molecular weight is 481 g/mol. The predicted molar refractivity (Wildman–Crippen MR) is 138 cm³/mol. The number of ether oxygens (including phenoxy) is 1. The SMILES string of the molecule is CCn1c(-c2ccccc2)c(C(=O)COC(=O)C2CC(=O)N(Cc3ccccc3)C2)c2ccccc21. The van der Waals surface area contributed by atoms with E-state index < -0.39 is 11.9 Å². The summed E-state index contributed by atoms with van der Waals surface area (Å²) >= 11 is 0. The van der Waals surface area contributed by atoms with Crippen molar-refractivity contribution in [1.29, 1.82) is 0 Å². The number of esters is 1. The number of amides is 1. The minimum Gasteiger partial charge on any atom is -0.457 e. The summed E-state index contributed by atoms with van der Waals surface area (Å²) in [7, 11) is 0. The van der Waals surface area contributed by atoms with Crippen molar-refractivity contribution in [2.24, 2.45) is 5.92 Å². The molecule has 1 aromatic heterocycles. The number of Topliss-reactive ketones (excluding diaryl/α,β-unsaturated/α-hetero) is 1. The second-order valence-corrected chi connectivity index (χ2v) is 9.04. The van der Waals surface area contributed by atoms with E-state index in [2.05, 4.69) is 4.57 Å². The topological polar surface area (TPSA) is 68.6 Å². The Kier molecular flexibility index (Phi) is 6.67. The van der Waals surface area contributed by atoms with Gasteiger partial charge in [-0.25, -0.2) is 0 Å². The molecule has 2 heterocycles. The number of aromatic nitrogens is 1. The van der Waals surface area contributed by atoms with Crippen LogP contribution >= 0.6 is 0 Å². The van der Waals surface area contributed by atoms with Gasteiger partial charge in [-0.1, -0.05) is 78.9 Å². The van der Waals surface area contributed by atoms with Crippen LogP contribution in [0.4, 0.5) is 0 Å². The molecule has 0 aliphatic carbocycles. The number of aryl methyl sites for hydroxylation is 1. The Morgan fingerprint density at radius 2 is 1.58 bits per heavy atom. The first-order chi connectivity index (χ1) is 17.6. The highest BCUT2D eigenvalue weighted by atomic mass is 16.5. The first-order valence-electron chi connectivity index (χ1n) is 12.2. The van der Waals surface area contributed by atoms with Crippen LogP contribution in [-0.2, 0) is 27.4 Å². The van der Waals surface area contributed by atoms with Gasteiger partial charge in [0.25, 0.3) is 0 Å². The van der Waals surface area contributed by atoms with Gasteiger partial charge in [-0.05, 0) is 24.1 Å². The molecule has 1 atom stereocenters. The number of carbonyl (C=O) groups is 3. The number of fused-ring (bicyclic) bond motifs is 1. The fourth-order valence-corrected chi connectivity index (χ4v) is 5.02. The third-order valence-electron chi connectivity index (χ3n) is 6.72. The van der Waals surface area contributed by atoms with Crippen molar-refractivity contribution in [1.82, 2.24) is 9.47 Å². The normalized spacial score (nSPS) is 15.4. The predicted octanol–water partition coefficient (Wildman–Crippen LogP) is 5.10. The molecular formula is C30H28N2O4. The van der Waals surface area contributed by atoms with Gasteiger partial charge < -0.3 is 14.2 Å². The molecule has 6 heteroatoms. The molecule has 1 aliphatic heterocycles. The van der Waals surface area contributed by atoms with E-state index in [4.69, 9.17) is 4.74 Å². The molecule has 1 fully saturated rings. The van der Waals surface area contributed by atoms with Gasteiger partial charge in [0.15, 0.2) is 6.61 Å². The van der Waals surface area contributed by atoms with E-state index in [9.17, 15) is 14.4 Å². The van der Waals surface area contributed by atoms with E-state index in [0.717, 1.165) is 27.7 Å². The van der Waals surface area contributed by atoms with Crippen molar-refractivity contribution in [2.75, 3.05) is 13.2 Å². The van der Waals surface area contributed by atoms with E-state index in [0.29, 0.717) is 25.2 Å². The second kappa shape index (κ2) is 10.2. The number of ketones is 1. The molecule has 1 aliphatic rings. The lowest BCUT2D eigenvalue weighted by atomic mass is 10.0. The van der Waals surface area contributed by atoms with Gasteiger partial charge in [-0.3, -0.25) is 14.4 Å². The maximum atomic E-state index is 13.5. The average Bonchev–Trinajstić information content (AvgIpc) is 3.45. The molecule has 0 bridgehead atoms. The van der Waals surface area contributed by atoms with Crippen molar-refractivity contribution >= 4 is 28.6 Å². The molecular weight excluding hydrogens is 452 g/mol. The molecule has 6 nitrogen and oxygen atoms in total. The summed E-state index contributed by atoms with van der Waals surface area (Å²) in [6.45, 7) is 3.13. The van der Waals surface area contributed by atoms with Gasteiger partial charge in [0.1, 0.15) is 0 Å². The van der Waals surface area contributed by atoms with E-state index >= 15 is 0 Å². The van der Waals surface area contributed by atoms with Crippen molar-refractivity contribution < 1.29 is 19.1 Å². The van der Waals surface area contributed by atoms with Crippen LogP contribution in [0.5, 0.6) is 0 Å². The number of para-hydroxylation sites is 1. The van der Waals surface area contributed by atoms with Crippen LogP contribution in [0.1, 0.15) is 29.3 Å². The molecule has 36 heavy (non-hydrogen) atoms. The summed E-state index contributed by atoms with van der Waals surface area (Å²) in [6.07, 6.45) is 0.101. The Bertz CT molecular complexity index is 1410. The fraction of sp³-hybridized carbons (Fsp3) is 0.233. The van der Waals surface area contributed by atoms with E-state index in [1.807, 2.05) is 91.9 Å². The van der Waals surface area contributed by atoms with Gasteiger partial charge in [-0.15, -0.1) is 0 Å². The molecule has 0 N–H and O–H groups in total. The lowest BCUT2D eigenvalue weighted by molar-refractivity contribution is -0.147. The van der Waals surface area contributed by atoms with Crippen LogP contribution in [0.15, 0.2) is 84.9 Å². The van der Waals surface area contributed by atoms with Crippen LogP contribution in [0.2, 0.25) is 0 Å². The zero-order valence-electron chi connectivity index (χ0n) is 20.2. The van der Waals surface area contributed by atoms with Gasteiger partial charge in [-0.2, -0.15) is 0 Å². The van der Waals surface area contributed by atoms with Gasteiger partial charge >= 0.3 is 5.97 Å². The maximum absolute atomic E-state index is 13.5. The monoisotopic (exact) mass is 480 g/mol. The Morgan fingerprint density at radius 3 is 2.31 bits per heavy atom. The van der Waals surface area contributed by atoms with Gasteiger partial charge in [0, 0.05) is 37.0 Å². The van der Waals surface area contributed by atoms with E-state index in [-0.39, 0.29) is 24.7 Å². The molecule has 5 rings (SSSR count). The third-order valence-corrected chi connectivity index (χ3v) is 6.72. The molecule has 0 saturated carbocycles. The lowest BCUT2D eigenvalue weighted by Crippen LogP contribution is -2.27. The highest BCUT2D eigenvalue weighted by Gasteiger charge is 2.36. The zero-order valence-corrected chi connectivity index (χ0v) is 20.2. The molecule has 0 radical (unpaired) electrons. The zero-order chi connectivity index (χ0) is 25.1. The van der Waals surface area contributed by atoms with Crippen molar-refractivity contribution in [3.63, 3.8) is 0 Å². The highest BCUT2D eigenvalue weighted by Crippen LogP contribution is 2.34. The molecule has 3 aromatic carbocycles. The molecule has 1 saturated heterocycles. The van der Waals surface area contributed by atoms with Crippen LogP contribution < -0.4 is 0 Å². The third kappa shape index (κ3) is 4.54. The number of benzene rings is 3. The Balaban J connectivity index is 1.34. The fourth-order valence-electron chi connectivity index (χ4n) is 5.02. The minimum absolute atomic E-state index is 0.0792. The maximum Gasteiger partial charge on any atom is 0.311 e. The van der Waals surface area contributed by atoms with Crippen molar-refractivity contribution in [2.45, 2.75) is 26.4 Å². The molecule has 182 valence electrons. The number of nitrogens with zero attached hydrogens (tertiary/aromatic N) is 2. The molecule has 1 amide bonds. The van der Waals surface area contributed by atoms with Crippen LogP contribution in [0.3, 0.4) is 0 Å². The first kappa shape index (κ1) is 23.5. The van der Waals surface area contributed by atoms with Gasteiger partial charge in [0.05, 0.1) is 17.2 Å². The summed E-state index contributed by atoms with van der Waals surface area (Å²) < 4.78 is 7.62. The van der Waals surface area contributed by atoms with Crippen LogP contribution in [0, 0.1) is 5.92 Å². The summed E-state index contributed by atoms with van der Waals surface area (Å²) in [5.41, 5.74) is 4.29. The molecule has 0 spiro atoms. The van der Waals surface area contributed by atoms with E-state index in [1.165, 1.54) is 0 Å². The number of rotatable bonds is 8. The lowest BCUT2D eigenvalue weighted by Gasteiger charge is -2.16. The Morgan fingerprint density at radius 1 is 0.917 bits per heavy atom. The highest BCUT2D eigenvalue weighted by molar-refractivity contribution is 6.14. The number of hydrogen-bond acceptors (Lipinski definition) is 4. The summed E-state index contributed by atoms with van der Waals surface area (Å²) in [6, 6.07) is 27.3. The second-order valence-electron chi connectivity index (χ2n) is 9.04. The summed E-state index contributed by atoms with van der Waals surface area (Å²) in [5, 5.41) is 0.837. The summed E-state index contributed by atoms with van der Waals surface area (Å²) in [4.78, 5) is 40.5.